The number of rotatable bonds is 3. The molecule has 0 aromatic carbocycles. The van der Waals surface area contributed by atoms with Crippen molar-refractivity contribution in [3.05, 3.63) is 12.3 Å². The maximum absolute atomic E-state index is 4.56. The van der Waals surface area contributed by atoms with Crippen LogP contribution in [0.1, 0.15) is 34.1 Å². The van der Waals surface area contributed by atoms with Crippen molar-refractivity contribution in [2.24, 2.45) is 11.3 Å². The Morgan fingerprint density at radius 2 is 2.22 bits per heavy atom. The van der Waals surface area contributed by atoms with Gasteiger partial charge in [0.25, 0.3) is 0 Å². The number of anilines is 2. The largest absolute Gasteiger partial charge is 0.356 e. The molecule has 0 saturated carbocycles. The lowest BCUT2D eigenvalue weighted by molar-refractivity contribution is 0.263. The number of nitrogens with zero attached hydrogens (tertiary/aromatic N) is 3. The van der Waals surface area contributed by atoms with Crippen LogP contribution < -0.4 is 10.2 Å². The lowest BCUT2D eigenvalue weighted by atomic mass is 9.80. The highest BCUT2D eigenvalue weighted by molar-refractivity contribution is 5.43. The molecule has 0 aliphatic carbocycles. The van der Waals surface area contributed by atoms with Gasteiger partial charge in [-0.3, -0.25) is 0 Å². The van der Waals surface area contributed by atoms with E-state index in [1.807, 2.05) is 12.3 Å². The first-order chi connectivity index (χ1) is 8.50. The van der Waals surface area contributed by atoms with E-state index < -0.39 is 0 Å². The zero-order chi connectivity index (χ0) is 13.2. The minimum atomic E-state index is 0.381. The van der Waals surface area contributed by atoms with Crippen molar-refractivity contribution in [2.75, 3.05) is 29.9 Å². The lowest BCUT2D eigenvalue weighted by Crippen LogP contribution is -2.26. The molecule has 18 heavy (non-hydrogen) atoms. The smallest absolute Gasteiger partial charge is 0.224 e. The van der Waals surface area contributed by atoms with E-state index in [-0.39, 0.29) is 0 Å². The molecule has 0 bridgehead atoms. The second-order valence-electron chi connectivity index (χ2n) is 6.07. The summed E-state index contributed by atoms with van der Waals surface area (Å²) in [6, 6.07) is 2.01. The third-order valence-corrected chi connectivity index (χ3v) is 3.71. The standard InChI is InChI=1S/C14H24N4/c1-5-15-13-16-8-6-12(17-13)18-9-7-11(10-18)14(2,3)4/h6,8,11H,5,7,9-10H2,1-4H3,(H,15,16,17). The van der Waals surface area contributed by atoms with Gasteiger partial charge in [0.1, 0.15) is 5.82 Å². The molecule has 0 spiro atoms. The monoisotopic (exact) mass is 248 g/mol. The molecule has 100 valence electrons. The van der Waals surface area contributed by atoms with Crippen LogP contribution in [0.3, 0.4) is 0 Å². The molecule has 1 fully saturated rings. The van der Waals surface area contributed by atoms with Gasteiger partial charge in [0.15, 0.2) is 0 Å². The molecular formula is C14H24N4. The predicted octanol–water partition coefficient (Wildman–Crippen LogP) is 2.78. The van der Waals surface area contributed by atoms with Crippen molar-refractivity contribution >= 4 is 11.8 Å². The molecule has 1 aromatic heterocycles. The Labute approximate surface area is 110 Å². The van der Waals surface area contributed by atoms with Gasteiger partial charge in [-0.2, -0.15) is 4.98 Å². The van der Waals surface area contributed by atoms with Crippen LogP contribution in [0.4, 0.5) is 11.8 Å². The van der Waals surface area contributed by atoms with Gasteiger partial charge in [-0.1, -0.05) is 20.8 Å². The summed E-state index contributed by atoms with van der Waals surface area (Å²) < 4.78 is 0. The number of hydrogen-bond donors (Lipinski definition) is 1. The molecule has 0 amide bonds. The summed E-state index contributed by atoms with van der Waals surface area (Å²) in [7, 11) is 0. The fourth-order valence-corrected chi connectivity index (χ4v) is 2.44. The van der Waals surface area contributed by atoms with Crippen molar-refractivity contribution in [2.45, 2.75) is 34.1 Å². The third kappa shape index (κ3) is 2.92. The fourth-order valence-electron chi connectivity index (χ4n) is 2.44. The first kappa shape index (κ1) is 13.1. The van der Waals surface area contributed by atoms with E-state index in [2.05, 4.69) is 47.9 Å². The zero-order valence-corrected chi connectivity index (χ0v) is 11.9. The van der Waals surface area contributed by atoms with Gasteiger partial charge in [0.05, 0.1) is 0 Å². The maximum atomic E-state index is 4.56. The Bertz CT molecular complexity index is 397. The molecule has 1 aromatic rings. The second kappa shape index (κ2) is 5.12. The average molecular weight is 248 g/mol. The first-order valence-corrected chi connectivity index (χ1v) is 6.82. The SMILES string of the molecule is CCNc1nccc(N2CCC(C(C)(C)C)C2)n1. The van der Waals surface area contributed by atoms with Crippen LogP contribution in [0.2, 0.25) is 0 Å². The van der Waals surface area contributed by atoms with Crippen molar-refractivity contribution in [3.8, 4) is 0 Å². The Hall–Kier alpha value is -1.32. The van der Waals surface area contributed by atoms with Crippen molar-refractivity contribution in [3.63, 3.8) is 0 Å². The first-order valence-electron chi connectivity index (χ1n) is 6.82. The summed E-state index contributed by atoms with van der Waals surface area (Å²) in [6.45, 7) is 12.1. The molecule has 4 heteroatoms. The summed E-state index contributed by atoms with van der Waals surface area (Å²) >= 11 is 0. The van der Waals surface area contributed by atoms with Crippen LogP contribution in [0.25, 0.3) is 0 Å². The summed E-state index contributed by atoms with van der Waals surface area (Å²) in [5.41, 5.74) is 0.381. The van der Waals surface area contributed by atoms with E-state index in [1.54, 1.807) is 0 Å². The van der Waals surface area contributed by atoms with E-state index in [1.165, 1.54) is 6.42 Å². The highest BCUT2D eigenvalue weighted by atomic mass is 15.2. The lowest BCUT2D eigenvalue weighted by Gasteiger charge is -2.27. The van der Waals surface area contributed by atoms with E-state index in [9.17, 15) is 0 Å². The summed E-state index contributed by atoms with van der Waals surface area (Å²) in [6.07, 6.45) is 3.09. The van der Waals surface area contributed by atoms with Crippen LogP contribution in [0.15, 0.2) is 12.3 Å². The van der Waals surface area contributed by atoms with Gasteiger partial charge in [0, 0.05) is 25.8 Å². The number of aromatic nitrogens is 2. The van der Waals surface area contributed by atoms with Gasteiger partial charge >= 0.3 is 0 Å². The van der Waals surface area contributed by atoms with E-state index in [4.69, 9.17) is 0 Å². The van der Waals surface area contributed by atoms with E-state index in [0.717, 1.165) is 37.3 Å². The minimum absolute atomic E-state index is 0.381. The summed E-state index contributed by atoms with van der Waals surface area (Å²) in [5, 5.41) is 3.16. The number of hydrogen-bond acceptors (Lipinski definition) is 4. The summed E-state index contributed by atoms with van der Waals surface area (Å²) in [5.74, 6) is 2.52. The summed E-state index contributed by atoms with van der Waals surface area (Å²) in [4.78, 5) is 11.2. The molecule has 1 aliphatic rings. The van der Waals surface area contributed by atoms with Crippen LogP contribution in [0.5, 0.6) is 0 Å². The van der Waals surface area contributed by atoms with Gasteiger partial charge in [-0.25, -0.2) is 4.98 Å². The quantitative estimate of drug-likeness (QED) is 0.893. The molecular weight excluding hydrogens is 224 g/mol. The average Bonchev–Trinajstić information content (AvgIpc) is 2.78. The second-order valence-corrected chi connectivity index (χ2v) is 6.07. The van der Waals surface area contributed by atoms with Crippen LogP contribution >= 0.6 is 0 Å². The van der Waals surface area contributed by atoms with E-state index in [0.29, 0.717) is 5.41 Å². The molecule has 4 nitrogen and oxygen atoms in total. The van der Waals surface area contributed by atoms with Gasteiger partial charge in [-0.05, 0) is 30.7 Å². The maximum Gasteiger partial charge on any atom is 0.224 e. The van der Waals surface area contributed by atoms with Crippen LogP contribution in [-0.4, -0.2) is 29.6 Å². The third-order valence-electron chi connectivity index (χ3n) is 3.71. The van der Waals surface area contributed by atoms with E-state index >= 15 is 0 Å². The number of nitrogens with one attached hydrogen (secondary N) is 1. The zero-order valence-electron chi connectivity index (χ0n) is 11.9. The Morgan fingerprint density at radius 3 is 2.83 bits per heavy atom. The van der Waals surface area contributed by atoms with Gasteiger partial charge < -0.3 is 10.2 Å². The van der Waals surface area contributed by atoms with Crippen LogP contribution in [0, 0.1) is 11.3 Å². The van der Waals surface area contributed by atoms with Gasteiger partial charge in [0.2, 0.25) is 5.95 Å². The normalized spacial score (nSPS) is 20.2. The molecule has 1 saturated heterocycles. The molecule has 1 aliphatic heterocycles. The molecule has 2 heterocycles. The molecule has 1 N–H and O–H groups in total. The molecule has 2 rings (SSSR count). The molecule has 1 unspecified atom stereocenters. The highest BCUT2D eigenvalue weighted by Crippen LogP contribution is 2.35. The van der Waals surface area contributed by atoms with Crippen molar-refractivity contribution in [1.82, 2.24) is 9.97 Å². The Kier molecular flexibility index (Phi) is 3.73. The Balaban J connectivity index is 2.07. The van der Waals surface area contributed by atoms with Crippen molar-refractivity contribution < 1.29 is 0 Å². The highest BCUT2D eigenvalue weighted by Gasteiger charge is 2.32. The van der Waals surface area contributed by atoms with Gasteiger partial charge in [-0.15, -0.1) is 0 Å². The van der Waals surface area contributed by atoms with Crippen LogP contribution in [-0.2, 0) is 0 Å². The molecule has 0 radical (unpaired) electrons. The topological polar surface area (TPSA) is 41.1 Å². The molecule has 1 atom stereocenters. The Morgan fingerprint density at radius 1 is 1.44 bits per heavy atom. The van der Waals surface area contributed by atoms with Crippen molar-refractivity contribution in [1.29, 1.82) is 0 Å². The fraction of sp³-hybridized carbons (Fsp3) is 0.714. The minimum Gasteiger partial charge on any atom is -0.356 e. The predicted molar refractivity (Wildman–Crippen MR) is 76.0 cm³/mol.